The van der Waals surface area contributed by atoms with Crippen LogP contribution in [0.5, 0.6) is 0 Å². The highest BCUT2D eigenvalue weighted by atomic mass is 32.2. The molecule has 0 bridgehead atoms. The van der Waals surface area contributed by atoms with E-state index in [4.69, 9.17) is 0 Å². The summed E-state index contributed by atoms with van der Waals surface area (Å²) in [6, 6.07) is 24.8. The van der Waals surface area contributed by atoms with Crippen LogP contribution >= 0.6 is 23.1 Å². The third-order valence-corrected chi connectivity index (χ3v) is 11.5. The van der Waals surface area contributed by atoms with Crippen molar-refractivity contribution < 1.29 is 26.7 Å². The van der Waals surface area contributed by atoms with E-state index in [9.17, 15) is 31.5 Å². The third kappa shape index (κ3) is 8.59. The maximum Gasteiger partial charge on any atom is 0.416 e. The number of benzene rings is 4. The molecule has 4 aromatic carbocycles. The van der Waals surface area contributed by atoms with Crippen LogP contribution in [-0.2, 0) is 36.4 Å². The smallest absolute Gasteiger partial charge is 0.334 e. The van der Waals surface area contributed by atoms with Crippen molar-refractivity contribution in [2.75, 3.05) is 13.1 Å². The van der Waals surface area contributed by atoms with Gasteiger partial charge >= 0.3 is 6.18 Å². The van der Waals surface area contributed by atoms with Gasteiger partial charge in [-0.25, -0.2) is 13.8 Å². The minimum atomic E-state index is -4.42. The monoisotopic (exact) mass is 774 g/mol. The predicted molar refractivity (Wildman–Crippen MR) is 202 cm³/mol. The zero-order chi connectivity index (χ0) is 37.8. The number of aromatic nitrogens is 2. The van der Waals surface area contributed by atoms with Gasteiger partial charge in [-0.05, 0) is 59.9 Å². The number of hydrogen-bond donors (Lipinski definition) is 0. The number of nitrogens with zero attached hydrogens (tertiary/aromatic N) is 4. The lowest BCUT2D eigenvalue weighted by Crippen LogP contribution is -2.47. The molecule has 0 atom stereocenters. The number of piperidine rings is 1. The summed E-state index contributed by atoms with van der Waals surface area (Å²) in [5.74, 6) is -2.04. The number of rotatable bonds is 11. The number of carbonyl (C=O) groups excluding carboxylic acids is 1. The topological polar surface area (TPSA) is 58.4 Å². The second kappa shape index (κ2) is 16.3. The summed E-state index contributed by atoms with van der Waals surface area (Å²) >= 11 is 2.77. The van der Waals surface area contributed by atoms with Gasteiger partial charge < -0.3 is 9.47 Å². The van der Waals surface area contributed by atoms with Gasteiger partial charge in [-0.15, -0.1) is 23.1 Å². The molecule has 6 aromatic rings. The van der Waals surface area contributed by atoms with Gasteiger partial charge in [-0.2, -0.15) is 13.2 Å². The van der Waals surface area contributed by atoms with Crippen molar-refractivity contribution in [1.29, 1.82) is 0 Å². The molecule has 1 fully saturated rings. The highest BCUT2D eigenvalue weighted by molar-refractivity contribution is 7.98. The maximum atomic E-state index is 14.6. The van der Waals surface area contributed by atoms with Crippen molar-refractivity contribution in [1.82, 2.24) is 19.4 Å². The van der Waals surface area contributed by atoms with Crippen LogP contribution in [-0.4, -0.2) is 44.4 Å². The maximum absolute atomic E-state index is 14.6. The fourth-order valence-electron chi connectivity index (χ4n) is 6.81. The molecule has 1 amide bonds. The van der Waals surface area contributed by atoms with Crippen LogP contribution in [0.25, 0.3) is 22.0 Å². The Hall–Kier alpha value is -4.85. The van der Waals surface area contributed by atoms with Gasteiger partial charge in [0.2, 0.25) is 5.91 Å². The average molecular weight is 775 g/mol. The van der Waals surface area contributed by atoms with Crippen LogP contribution in [0, 0.1) is 11.6 Å². The number of thiazole rings is 1. The van der Waals surface area contributed by atoms with E-state index in [1.165, 1.54) is 30.3 Å². The van der Waals surface area contributed by atoms with Crippen molar-refractivity contribution in [2.45, 2.75) is 55.5 Å². The lowest BCUT2D eigenvalue weighted by atomic mass is 10.00. The number of para-hydroxylation sites is 1. The number of hydrogen-bond acceptors (Lipinski definition) is 6. The van der Waals surface area contributed by atoms with Gasteiger partial charge in [0, 0.05) is 60.0 Å². The number of amides is 1. The van der Waals surface area contributed by atoms with Crippen LogP contribution in [0.4, 0.5) is 22.0 Å². The zero-order valence-electron chi connectivity index (χ0n) is 28.9. The van der Waals surface area contributed by atoms with Gasteiger partial charge in [0.25, 0.3) is 0 Å². The largest absolute Gasteiger partial charge is 0.416 e. The number of halogens is 5. The molecule has 1 saturated heterocycles. The summed E-state index contributed by atoms with van der Waals surface area (Å²) in [5, 5.41) is 3.87. The summed E-state index contributed by atoms with van der Waals surface area (Å²) in [7, 11) is 0. The first kappa shape index (κ1) is 37.5. The van der Waals surface area contributed by atoms with E-state index in [2.05, 4.69) is 9.88 Å². The van der Waals surface area contributed by atoms with Crippen LogP contribution in [0.1, 0.15) is 34.5 Å². The van der Waals surface area contributed by atoms with Crippen LogP contribution < -0.4 is 5.43 Å². The number of alkyl halides is 3. The van der Waals surface area contributed by atoms with Gasteiger partial charge in [0.05, 0.1) is 22.7 Å². The van der Waals surface area contributed by atoms with E-state index in [-0.39, 0.29) is 35.2 Å². The number of carbonyl (C=O) groups is 1. The minimum absolute atomic E-state index is 0.0438. The first-order valence-electron chi connectivity index (χ1n) is 17.4. The Labute approximate surface area is 316 Å². The summed E-state index contributed by atoms with van der Waals surface area (Å²) in [6.07, 6.45) is -1.17. The Bertz CT molecular complexity index is 2290. The van der Waals surface area contributed by atoms with Gasteiger partial charge in [-0.3, -0.25) is 14.5 Å². The molecule has 7 rings (SSSR count). The van der Waals surface area contributed by atoms with Crippen LogP contribution in [0.3, 0.4) is 0 Å². The van der Waals surface area contributed by atoms with Crippen LogP contribution in [0.15, 0.2) is 118 Å². The molecule has 0 aliphatic carbocycles. The molecule has 2 aromatic heterocycles. The van der Waals surface area contributed by atoms with Crippen molar-refractivity contribution in [2.24, 2.45) is 0 Å². The first-order chi connectivity index (χ1) is 26.0. The molecule has 6 nitrogen and oxygen atoms in total. The number of fused-ring (bicyclic) bond motifs is 1. The molecule has 278 valence electrons. The first-order valence-corrected chi connectivity index (χ1v) is 19.2. The van der Waals surface area contributed by atoms with Gasteiger partial charge in [-0.1, -0.05) is 60.7 Å². The molecule has 3 heterocycles. The van der Waals surface area contributed by atoms with Crippen molar-refractivity contribution in [3.63, 3.8) is 0 Å². The van der Waals surface area contributed by atoms with Crippen LogP contribution in [0.2, 0.25) is 0 Å². The van der Waals surface area contributed by atoms with Gasteiger partial charge in [0.1, 0.15) is 11.6 Å². The molecule has 1 aliphatic rings. The molecule has 13 heteroatoms. The Kier molecular flexibility index (Phi) is 11.3. The Morgan fingerprint density at radius 2 is 1.61 bits per heavy atom. The fraction of sp³-hybridized carbons (Fsp3) is 0.244. The third-order valence-electron chi connectivity index (χ3n) is 9.69. The average Bonchev–Trinajstić information content (AvgIpc) is 3.69. The predicted octanol–water partition coefficient (Wildman–Crippen LogP) is 9.41. The summed E-state index contributed by atoms with van der Waals surface area (Å²) in [6.45, 7) is 2.46. The van der Waals surface area contributed by atoms with Crippen molar-refractivity contribution >= 4 is 39.9 Å². The molecule has 1 aliphatic heterocycles. The van der Waals surface area contributed by atoms with Gasteiger partial charge in [0.15, 0.2) is 17.1 Å². The van der Waals surface area contributed by atoms with E-state index in [0.29, 0.717) is 28.0 Å². The highest BCUT2D eigenvalue weighted by Crippen LogP contribution is 2.32. The number of thioether (sulfide) groups is 1. The molecular formula is C41H35F5N4O2S2. The molecule has 0 radical (unpaired) electrons. The summed E-state index contributed by atoms with van der Waals surface area (Å²) in [5.41, 5.74) is 1.98. The zero-order valence-corrected chi connectivity index (χ0v) is 30.6. The Morgan fingerprint density at radius 1 is 0.907 bits per heavy atom. The molecule has 0 spiro atoms. The molecule has 54 heavy (non-hydrogen) atoms. The van der Waals surface area contributed by atoms with E-state index in [0.717, 1.165) is 78.6 Å². The second-order valence-corrected chi connectivity index (χ2v) is 15.2. The SMILES string of the molecule is O=C(Cn1c(SCc2cccc(F)c2F)cc(=O)c2ccccc21)N(Cc1ccc(-c2ccc(C(F)(F)F)cc2)cc1)C1CCN(Cc2nccs2)CC1. The highest BCUT2D eigenvalue weighted by Gasteiger charge is 2.31. The minimum Gasteiger partial charge on any atom is -0.334 e. The number of pyridine rings is 1. The molecule has 0 N–H and O–H groups in total. The van der Waals surface area contributed by atoms with Crippen molar-refractivity contribution in [3.8, 4) is 11.1 Å². The van der Waals surface area contributed by atoms with Crippen molar-refractivity contribution in [3.05, 3.63) is 152 Å². The van der Waals surface area contributed by atoms with E-state index < -0.39 is 23.4 Å². The quantitative estimate of drug-likeness (QED) is 0.0971. The molecule has 0 unspecified atom stereocenters. The van der Waals surface area contributed by atoms with E-state index in [1.807, 2.05) is 34.5 Å². The molecular weight excluding hydrogens is 740 g/mol. The lowest BCUT2D eigenvalue weighted by Gasteiger charge is -2.39. The second-order valence-electron chi connectivity index (χ2n) is 13.2. The Balaban J connectivity index is 1.16. The standard InChI is InChI=1S/C41H35F5N4O2S2/c42-34-6-3-4-30(40(34)43)26-54-39-22-36(51)33-5-1-2-7-35(33)50(39)25-38(52)49(32-16-19-48(20-17-32)24-37-47-18-21-53-37)23-27-8-10-28(11-9-27)29-12-14-31(15-13-29)41(44,45)46/h1-15,18,21-22,32H,16-17,19-20,23-26H2. The van der Waals surface area contributed by atoms with E-state index >= 15 is 0 Å². The van der Waals surface area contributed by atoms with E-state index in [1.54, 1.807) is 46.4 Å². The summed E-state index contributed by atoms with van der Waals surface area (Å²) in [4.78, 5) is 36.4. The fourth-order valence-corrected chi connectivity index (χ4v) is 8.50. The Morgan fingerprint density at radius 3 is 2.30 bits per heavy atom. The lowest BCUT2D eigenvalue weighted by molar-refractivity contribution is -0.137. The number of likely N-dealkylation sites (tertiary alicyclic amines) is 1. The normalized spacial score (nSPS) is 14.1. The summed E-state index contributed by atoms with van der Waals surface area (Å²) < 4.78 is 69.8. The molecule has 0 saturated carbocycles.